The molecule has 100 valence electrons. The Morgan fingerprint density at radius 1 is 1.39 bits per heavy atom. The Kier molecular flexibility index (Phi) is 5.91. The summed E-state index contributed by atoms with van der Waals surface area (Å²) in [4.78, 5) is 10.7. The molecule has 1 aromatic carbocycles. The second kappa shape index (κ2) is 7.20. The zero-order chi connectivity index (χ0) is 13.5. The molecular weight excluding hydrogens is 260 g/mol. The lowest BCUT2D eigenvalue weighted by molar-refractivity contribution is 0.0319. The van der Waals surface area contributed by atoms with Gasteiger partial charge in [0.25, 0.3) is 0 Å². The van der Waals surface area contributed by atoms with Gasteiger partial charge in [-0.3, -0.25) is 4.79 Å². The fraction of sp³-hybridized carbons (Fsp3) is 0.417. The number of carbonyl (C=O) groups is 1. The summed E-state index contributed by atoms with van der Waals surface area (Å²) >= 11 is 5.98. The molecule has 0 saturated carbocycles. The molecule has 0 aromatic heterocycles. The van der Waals surface area contributed by atoms with Crippen molar-refractivity contribution in [3.63, 3.8) is 0 Å². The number of hydrogen-bond donors (Lipinski definition) is 1. The average Bonchev–Trinajstić information content (AvgIpc) is 2.36. The summed E-state index contributed by atoms with van der Waals surface area (Å²) in [6.45, 7) is 0.177. The molecule has 1 atom stereocenters. The summed E-state index contributed by atoms with van der Waals surface area (Å²) in [5.74, 6) is 0.633. The van der Waals surface area contributed by atoms with Crippen LogP contribution >= 0.6 is 11.6 Å². The van der Waals surface area contributed by atoms with Crippen molar-refractivity contribution in [3.8, 4) is 11.5 Å². The fourth-order valence-electron chi connectivity index (χ4n) is 1.37. The van der Waals surface area contributed by atoms with Gasteiger partial charge in [-0.05, 0) is 12.1 Å². The Hall–Kier alpha value is -1.30. The second-order valence-corrected chi connectivity index (χ2v) is 3.98. The Balaban J connectivity index is 2.84. The summed E-state index contributed by atoms with van der Waals surface area (Å²) in [6, 6.07) is 2.98. The molecule has 5 nitrogen and oxygen atoms in total. The largest absolute Gasteiger partial charge is 0.493 e. The zero-order valence-corrected chi connectivity index (χ0v) is 10.9. The van der Waals surface area contributed by atoms with Gasteiger partial charge in [-0.1, -0.05) is 11.6 Å². The SMILES string of the molecule is COCC(O)COc1c(Cl)cc(C=O)cc1OC. The van der Waals surface area contributed by atoms with Crippen molar-refractivity contribution >= 4 is 17.9 Å². The van der Waals surface area contributed by atoms with Crippen LogP contribution in [0.3, 0.4) is 0 Å². The molecule has 0 fully saturated rings. The molecule has 0 radical (unpaired) electrons. The summed E-state index contributed by atoms with van der Waals surface area (Å²) in [5, 5.41) is 9.73. The van der Waals surface area contributed by atoms with Crippen LogP contribution in [-0.4, -0.2) is 44.9 Å². The molecule has 0 aliphatic heterocycles. The molecule has 1 N–H and O–H groups in total. The average molecular weight is 275 g/mol. The number of benzene rings is 1. The van der Waals surface area contributed by atoms with Crippen molar-refractivity contribution < 1.29 is 24.1 Å². The van der Waals surface area contributed by atoms with Crippen LogP contribution in [0.2, 0.25) is 5.02 Å². The van der Waals surface area contributed by atoms with Gasteiger partial charge in [0.05, 0.1) is 18.7 Å². The van der Waals surface area contributed by atoms with Crippen LogP contribution in [-0.2, 0) is 4.74 Å². The summed E-state index contributed by atoms with van der Waals surface area (Å²) in [7, 11) is 2.92. The van der Waals surface area contributed by atoms with Gasteiger partial charge >= 0.3 is 0 Å². The van der Waals surface area contributed by atoms with Gasteiger partial charge in [-0.2, -0.15) is 0 Å². The summed E-state index contributed by atoms with van der Waals surface area (Å²) in [5.41, 5.74) is 0.390. The van der Waals surface area contributed by atoms with Crippen LogP contribution in [0.4, 0.5) is 0 Å². The predicted octanol–water partition coefficient (Wildman–Crippen LogP) is 1.55. The smallest absolute Gasteiger partial charge is 0.179 e. The van der Waals surface area contributed by atoms with Gasteiger partial charge in [-0.25, -0.2) is 0 Å². The third kappa shape index (κ3) is 3.87. The van der Waals surface area contributed by atoms with Crippen molar-refractivity contribution in [3.05, 3.63) is 22.7 Å². The molecule has 6 heteroatoms. The molecule has 1 aromatic rings. The lowest BCUT2D eigenvalue weighted by Gasteiger charge is -2.15. The van der Waals surface area contributed by atoms with E-state index in [-0.39, 0.29) is 18.2 Å². The molecule has 0 aliphatic rings. The number of hydrogen-bond acceptors (Lipinski definition) is 5. The molecule has 0 amide bonds. The number of carbonyl (C=O) groups excluding carboxylic acids is 1. The molecule has 0 bridgehead atoms. The molecule has 18 heavy (non-hydrogen) atoms. The van der Waals surface area contributed by atoms with Crippen molar-refractivity contribution in [2.24, 2.45) is 0 Å². The van der Waals surface area contributed by atoms with E-state index in [0.29, 0.717) is 23.3 Å². The first-order valence-corrected chi connectivity index (χ1v) is 5.62. The first-order valence-electron chi connectivity index (χ1n) is 5.24. The highest BCUT2D eigenvalue weighted by Gasteiger charge is 2.14. The fourth-order valence-corrected chi connectivity index (χ4v) is 1.64. The third-order valence-corrected chi connectivity index (χ3v) is 2.45. The molecule has 1 unspecified atom stereocenters. The highest BCUT2D eigenvalue weighted by atomic mass is 35.5. The first-order chi connectivity index (χ1) is 8.62. The van der Waals surface area contributed by atoms with Crippen LogP contribution in [0.5, 0.6) is 11.5 Å². The van der Waals surface area contributed by atoms with E-state index in [4.69, 9.17) is 25.8 Å². The van der Waals surface area contributed by atoms with Crippen molar-refractivity contribution in [1.82, 2.24) is 0 Å². The van der Waals surface area contributed by atoms with Crippen LogP contribution in [0, 0.1) is 0 Å². The Morgan fingerprint density at radius 3 is 2.67 bits per heavy atom. The van der Waals surface area contributed by atoms with Crippen molar-refractivity contribution in [2.45, 2.75) is 6.10 Å². The standard InChI is InChI=1S/C12H15ClO5/c1-16-6-9(15)7-18-12-10(13)3-8(5-14)4-11(12)17-2/h3-5,9,15H,6-7H2,1-2H3. The van der Waals surface area contributed by atoms with E-state index in [0.717, 1.165) is 0 Å². The Labute approximate surface area is 110 Å². The van der Waals surface area contributed by atoms with E-state index in [1.165, 1.54) is 26.4 Å². The minimum absolute atomic E-state index is 0.0182. The number of aliphatic hydroxyl groups is 1. The minimum Gasteiger partial charge on any atom is -0.493 e. The Bertz CT molecular complexity index is 408. The normalized spacial score (nSPS) is 12.0. The lowest BCUT2D eigenvalue weighted by Crippen LogP contribution is -2.22. The minimum atomic E-state index is -0.762. The predicted molar refractivity (Wildman–Crippen MR) is 66.8 cm³/mol. The van der Waals surface area contributed by atoms with Crippen LogP contribution in [0.25, 0.3) is 0 Å². The van der Waals surface area contributed by atoms with Gasteiger partial charge in [0.1, 0.15) is 19.0 Å². The number of aldehydes is 1. The molecule has 0 aliphatic carbocycles. The van der Waals surface area contributed by atoms with E-state index in [1.807, 2.05) is 0 Å². The van der Waals surface area contributed by atoms with Crippen molar-refractivity contribution in [1.29, 1.82) is 0 Å². The number of halogens is 1. The Morgan fingerprint density at radius 2 is 2.11 bits per heavy atom. The maximum Gasteiger partial charge on any atom is 0.179 e. The van der Waals surface area contributed by atoms with Gasteiger partial charge < -0.3 is 19.3 Å². The lowest BCUT2D eigenvalue weighted by atomic mass is 10.2. The molecule has 0 heterocycles. The maximum atomic E-state index is 10.7. The van der Waals surface area contributed by atoms with Gasteiger partial charge in [0.15, 0.2) is 11.5 Å². The van der Waals surface area contributed by atoms with Crippen LogP contribution < -0.4 is 9.47 Å². The second-order valence-electron chi connectivity index (χ2n) is 3.57. The summed E-state index contributed by atoms with van der Waals surface area (Å²) < 4.78 is 15.2. The first kappa shape index (κ1) is 14.8. The topological polar surface area (TPSA) is 65.0 Å². The summed E-state index contributed by atoms with van der Waals surface area (Å²) in [6.07, 6.45) is -0.0978. The highest BCUT2D eigenvalue weighted by molar-refractivity contribution is 6.32. The zero-order valence-electron chi connectivity index (χ0n) is 10.2. The van der Waals surface area contributed by atoms with E-state index in [1.54, 1.807) is 0 Å². The number of ether oxygens (including phenoxy) is 3. The third-order valence-electron chi connectivity index (χ3n) is 2.17. The number of methoxy groups -OCH3 is 2. The maximum absolute atomic E-state index is 10.7. The number of rotatable bonds is 7. The van der Waals surface area contributed by atoms with E-state index < -0.39 is 6.10 Å². The van der Waals surface area contributed by atoms with E-state index in [2.05, 4.69) is 0 Å². The van der Waals surface area contributed by atoms with Crippen LogP contribution in [0.1, 0.15) is 10.4 Å². The molecule has 1 rings (SSSR count). The van der Waals surface area contributed by atoms with Gasteiger partial charge in [-0.15, -0.1) is 0 Å². The van der Waals surface area contributed by atoms with Gasteiger partial charge in [0, 0.05) is 12.7 Å². The van der Waals surface area contributed by atoms with Crippen molar-refractivity contribution in [2.75, 3.05) is 27.4 Å². The van der Waals surface area contributed by atoms with Gasteiger partial charge in [0.2, 0.25) is 0 Å². The van der Waals surface area contributed by atoms with E-state index in [9.17, 15) is 9.90 Å². The monoisotopic (exact) mass is 274 g/mol. The van der Waals surface area contributed by atoms with E-state index >= 15 is 0 Å². The quantitative estimate of drug-likeness (QED) is 0.764. The number of aliphatic hydroxyl groups excluding tert-OH is 1. The van der Waals surface area contributed by atoms with Crippen LogP contribution in [0.15, 0.2) is 12.1 Å². The molecular formula is C12H15ClO5. The molecule has 0 saturated heterocycles. The highest BCUT2D eigenvalue weighted by Crippen LogP contribution is 2.36. The molecule has 0 spiro atoms.